The molecule has 0 fully saturated rings. The van der Waals surface area contributed by atoms with Crippen LogP contribution in [0.5, 0.6) is 0 Å². The molecule has 0 spiro atoms. The van der Waals surface area contributed by atoms with Crippen LogP contribution in [0.2, 0.25) is 0 Å². The Kier molecular flexibility index (Phi) is 4.33. The molecule has 118 valence electrons. The number of imidazole rings is 1. The lowest BCUT2D eigenvalue weighted by molar-refractivity contribution is -0.685. The molecule has 2 nitrogen and oxygen atoms in total. The van der Waals surface area contributed by atoms with Gasteiger partial charge in [0, 0.05) is 13.8 Å². The first kappa shape index (κ1) is 15.5. The Morgan fingerprint density at radius 3 is 2.00 bits per heavy atom. The summed E-state index contributed by atoms with van der Waals surface area (Å²) in [7, 11) is 4.36. The van der Waals surface area contributed by atoms with E-state index in [1.807, 2.05) is 0 Å². The van der Waals surface area contributed by atoms with Gasteiger partial charge in [-0.05, 0) is 17.5 Å². The van der Waals surface area contributed by atoms with E-state index in [4.69, 9.17) is 0 Å². The van der Waals surface area contributed by atoms with Gasteiger partial charge in [-0.2, -0.15) is 0 Å². The monoisotopic (exact) mass is 305 g/mol. The van der Waals surface area contributed by atoms with E-state index in [1.165, 1.54) is 28.3 Å². The Hall–Kier alpha value is -2.35. The Morgan fingerprint density at radius 2 is 1.48 bits per heavy atom. The number of rotatable bonds is 4. The van der Waals surface area contributed by atoms with Crippen LogP contribution < -0.4 is 4.57 Å². The van der Waals surface area contributed by atoms with Crippen LogP contribution in [0.25, 0.3) is 0 Å². The molecule has 2 aromatic carbocycles. The quantitative estimate of drug-likeness (QED) is 0.648. The van der Waals surface area contributed by atoms with Crippen molar-refractivity contribution in [3.8, 4) is 0 Å². The molecule has 3 rings (SSSR count). The van der Waals surface area contributed by atoms with E-state index in [0.717, 1.165) is 6.42 Å². The summed E-state index contributed by atoms with van der Waals surface area (Å²) in [6.45, 7) is 4.40. The molecule has 2 heteroatoms. The number of aromatic nitrogens is 2. The van der Waals surface area contributed by atoms with Crippen molar-refractivity contribution in [2.75, 3.05) is 0 Å². The molecular weight excluding hydrogens is 280 g/mol. The van der Waals surface area contributed by atoms with E-state index in [9.17, 15) is 0 Å². The van der Waals surface area contributed by atoms with Gasteiger partial charge in [0.25, 0.3) is 5.82 Å². The second-order valence-electron chi connectivity index (χ2n) is 6.30. The first-order valence-electron chi connectivity index (χ1n) is 8.20. The van der Waals surface area contributed by atoms with Crippen molar-refractivity contribution in [2.24, 2.45) is 14.1 Å². The van der Waals surface area contributed by atoms with Gasteiger partial charge in [0.2, 0.25) is 0 Å². The molecule has 1 heterocycles. The highest BCUT2D eigenvalue weighted by atomic mass is 15.2. The van der Waals surface area contributed by atoms with Gasteiger partial charge in [-0.25, -0.2) is 9.13 Å². The number of benzene rings is 2. The molecule has 0 aliphatic heterocycles. The maximum Gasteiger partial charge on any atom is 0.264 e. The third kappa shape index (κ3) is 2.94. The highest BCUT2D eigenvalue weighted by Crippen LogP contribution is 2.27. The normalized spacial score (nSPS) is 12.3. The van der Waals surface area contributed by atoms with Crippen LogP contribution in [0.15, 0.2) is 60.7 Å². The average molecular weight is 305 g/mol. The van der Waals surface area contributed by atoms with Gasteiger partial charge in [-0.15, -0.1) is 0 Å². The van der Waals surface area contributed by atoms with Crippen molar-refractivity contribution >= 4 is 0 Å². The zero-order valence-electron chi connectivity index (χ0n) is 14.5. The molecule has 0 bridgehead atoms. The molecule has 23 heavy (non-hydrogen) atoms. The van der Waals surface area contributed by atoms with E-state index in [2.05, 4.69) is 97.7 Å². The van der Waals surface area contributed by atoms with E-state index in [0.29, 0.717) is 5.92 Å². The van der Waals surface area contributed by atoms with Gasteiger partial charge in [-0.1, -0.05) is 60.7 Å². The van der Waals surface area contributed by atoms with Crippen LogP contribution in [0.4, 0.5) is 0 Å². The smallest absolute Gasteiger partial charge is 0.234 e. The predicted molar refractivity (Wildman–Crippen MR) is 94.5 cm³/mol. The second kappa shape index (κ2) is 6.41. The van der Waals surface area contributed by atoms with Gasteiger partial charge in [0.15, 0.2) is 0 Å². The fraction of sp³-hybridized carbons (Fsp3) is 0.286. The largest absolute Gasteiger partial charge is 0.264 e. The van der Waals surface area contributed by atoms with Crippen LogP contribution in [-0.4, -0.2) is 4.57 Å². The molecule has 0 aliphatic rings. The fourth-order valence-corrected chi connectivity index (χ4v) is 3.41. The lowest BCUT2D eigenvalue weighted by atomic mass is 9.91. The summed E-state index contributed by atoms with van der Waals surface area (Å²) >= 11 is 0. The van der Waals surface area contributed by atoms with E-state index in [-0.39, 0.29) is 0 Å². The molecule has 0 N–H and O–H groups in total. The van der Waals surface area contributed by atoms with Crippen LogP contribution in [0, 0.1) is 13.8 Å². The maximum atomic E-state index is 2.34. The molecule has 0 amide bonds. The van der Waals surface area contributed by atoms with E-state index in [1.54, 1.807) is 0 Å². The van der Waals surface area contributed by atoms with Crippen molar-refractivity contribution in [1.82, 2.24) is 4.57 Å². The topological polar surface area (TPSA) is 8.81 Å². The number of hydrogen-bond donors (Lipinski definition) is 0. The zero-order chi connectivity index (χ0) is 16.4. The third-order valence-electron chi connectivity index (χ3n) is 5.01. The fourth-order valence-electron chi connectivity index (χ4n) is 3.41. The van der Waals surface area contributed by atoms with E-state index < -0.39 is 0 Å². The Labute approximate surface area is 139 Å². The summed E-state index contributed by atoms with van der Waals surface area (Å²) in [6.07, 6.45) is 1.01. The summed E-state index contributed by atoms with van der Waals surface area (Å²) in [6, 6.07) is 21.6. The molecule has 0 aliphatic carbocycles. The van der Waals surface area contributed by atoms with Crippen LogP contribution in [0.1, 0.15) is 34.3 Å². The lowest BCUT2D eigenvalue weighted by Gasteiger charge is -2.15. The van der Waals surface area contributed by atoms with Gasteiger partial charge < -0.3 is 0 Å². The second-order valence-corrected chi connectivity index (χ2v) is 6.30. The summed E-state index contributed by atoms with van der Waals surface area (Å²) in [4.78, 5) is 0. The van der Waals surface area contributed by atoms with Crippen molar-refractivity contribution in [1.29, 1.82) is 0 Å². The standard InChI is InChI=1S/C21H25N2/c1-16-17(2)23(4)21(22(16)3)20(19-13-9-6-10-14-19)15-18-11-7-5-8-12-18/h5-14,20H,15H2,1-4H3/q+1. The lowest BCUT2D eigenvalue weighted by Crippen LogP contribution is -2.37. The average Bonchev–Trinajstić information content (AvgIpc) is 2.78. The van der Waals surface area contributed by atoms with Crippen LogP contribution in [-0.2, 0) is 20.5 Å². The van der Waals surface area contributed by atoms with E-state index >= 15 is 0 Å². The Morgan fingerprint density at radius 1 is 0.913 bits per heavy atom. The molecule has 1 atom stereocenters. The first-order valence-corrected chi connectivity index (χ1v) is 8.20. The minimum absolute atomic E-state index is 0.348. The van der Waals surface area contributed by atoms with Crippen LogP contribution >= 0.6 is 0 Å². The summed E-state index contributed by atoms with van der Waals surface area (Å²) < 4.78 is 4.69. The number of nitrogens with zero attached hydrogens (tertiary/aromatic N) is 2. The summed E-state index contributed by atoms with van der Waals surface area (Å²) in [5.41, 5.74) is 5.40. The minimum Gasteiger partial charge on any atom is -0.234 e. The van der Waals surface area contributed by atoms with Gasteiger partial charge in [0.1, 0.15) is 11.4 Å². The molecular formula is C21H25N2+. The van der Waals surface area contributed by atoms with Gasteiger partial charge >= 0.3 is 0 Å². The molecule has 1 aromatic heterocycles. The van der Waals surface area contributed by atoms with Gasteiger partial charge in [0.05, 0.1) is 20.0 Å². The van der Waals surface area contributed by atoms with Crippen molar-refractivity contribution in [3.05, 3.63) is 89.0 Å². The Bertz CT molecular complexity index is 760. The molecule has 0 saturated carbocycles. The summed E-state index contributed by atoms with van der Waals surface area (Å²) in [5.74, 6) is 1.70. The minimum atomic E-state index is 0.348. The van der Waals surface area contributed by atoms with Gasteiger partial charge in [-0.3, -0.25) is 0 Å². The van der Waals surface area contributed by atoms with Crippen LogP contribution in [0.3, 0.4) is 0 Å². The Balaban J connectivity index is 2.11. The molecule has 0 saturated heterocycles. The molecule has 3 aromatic rings. The predicted octanol–water partition coefficient (Wildman–Crippen LogP) is 3.84. The van der Waals surface area contributed by atoms with Crippen molar-refractivity contribution < 1.29 is 4.57 Å². The van der Waals surface area contributed by atoms with Crippen molar-refractivity contribution in [2.45, 2.75) is 26.2 Å². The first-order chi connectivity index (χ1) is 11.1. The SMILES string of the molecule is Cc1c(C)[n+](C)c(C(Cc2ccccc2)c2ccccc2)n1C. The van der Waals surface area contributed by atoms with Crippen molar-refractivity contribution in [3.63, 3.8) is 0 Å². The highest BCUT2D eigenvalue weighted by molar-refractivity contribution is 5.29. The molecule has 0 radical (unpaired) electrons. The molecule has 1 unspecified atom stereocenters. The maximum absolute atomic E-state index is 2.34. The summed E-state index contributed by atoms with van der Waals surface area (Å²) in [5, 5.41) is 0. The highest BCUT2D eigenvalue weighted by Gasteiger charge is 2.30. The number of hydrogen-bond acceptors (Lipinski definition) is 0. The zero-order valence-corrected chi connectivity index (χ0v) is 14.5. The third-order valence-corrected chi connectivity index (χ3v) is 5.01.